The molecular formula is C10H12F3N3O2S. The molecule has 0 aliphatic carbocycles. The van der Waals surface area contributed by atoms with Gasteiger partial charge in [-0.2, -0.15) is 13.2 Å². The number of carbonyl (C=O) groups is 1. The van der Waals surface area contributed by atoms with Crippen LogP contribution < -0.4 is 5.32 Å². The number of nitrogens with zero attached hydrogens (tertiary/aromatic N) is 2. The van der Waals surface area contributed by atoms with Gasteiger partial charge in [-0.15, -0.1) is 0 Å². The number of carbonyl (C=O) groups excluding carboxylic acids is 1. The van der Waals surface area contributed by atoms with Crippen LogP contribution in [0.15, 0.2) is 6.20 Å². The minimum absolute atomic E-state index is 0.233. The minimum Gasteiger partial charge on any atom is -0.448 e. The van der Waals surface area contributed by atoms with Gasteiger partial charge in [0.2, 0.25) is 0 Å². The van der Waals surface area contributed by atoms with E-state index in [0.29, 0.717) is 44.0 Å². The largest absolute Gasteiger partial charge is 0.448 e. The summed E-state index contributed by atoms with van der Waals surface area (Å²) in [5, 5.41) is 3.04. The fourth-order valence-electron chi connectivity index (χ4n) is 1.58. The number of aromatic nitrogens is 1. The standard InChI is InChI=1S/C10H12F3N3O2S/c11-10(12,13)7-6-15-8(19-7)14-2-1-3-16-4-5-18-9(16)17/h6H,1-5H2,(H,14,15). The molecule has 9 heteroatoms. The van der Waals surface area contributed by atoms with E-state index in [4.69, 9.17) is 4.74 Å². The summed E-state index contributed by atoms with van der Waals surface area (Å²) in [6, 6.07) is 0. The summed E-state index contributed by atoms with van der Waals surface area (Å²) in [5.41, 5.74) is 0. The Kier molecular flexibility index (Phi) is 4.13. The van der Waals surface area contributed by atoms with E-state index in [1.807, 2.05) is 0 Å². The molecule has 0 aromatic carbocycles. The fraction of sp³-hybridized carbons (Fsp3) is 0.600. The van der Waals surface area contributed by atoms with Crippen molar-refractivity contribution in [3.63, 3.8) is 0 Å². The molecule has 0 unspecified atom stereocenters. The maximum atomic E-state index is 12.3. The van der Waals surface area contributed by atoms with Gasteiger partial charge < -0.3 is 15.0 Å². The highest BCUT2D eigenvalue weighted by Gasteiger charge is 2.33. The van der Waals surface area contributed by atoms with Crippen molar-refractivity contribution in [2.45, 2.75) is 12.6 Å². The van der Waals surface area contributed by atoms with E-state index in [-0.39, 0.29) is 11.2 Å². The Morgan fingerprint density at radius 1 is 1.53 bits per heavy atom. The Hall–Kier alpha value is -1.51. The van der Waals surface area contributed by atoms with Gasteiger partial charge in [-0.05, 0) is 6.42 Å². The number of alkyl halides is 3. The van der Waals surface area contributed by atoms with Crippen LogP contribution in [0.25, 0.3) is 0 Å². The van der Waals surface area contributed by atoms with E-state index in [1.165, 1.54) is 0 Å². The van der Waals surface area contributed by atoms with Crippen LogP contribution in [0.2, 0.25) is 0 Å². The summed E-state index contributed by atoms with van der Waals surface area (Å²) in [7, 11) is 0. The molecule has 0 radical (unpaired) electrons. The lowest BCUT2D eigenvalue weighted by atomic mass is 10.4. The molecule has 2 rings (SSSR count). The normalized spacial score (nSPS) is 15.7. The zero-order chi connectivity index (χ0) is 13.9. The van der Waals surface area contributed by atoms with Crippen LogP contribution >= 0.6 is 11.3 Å². The summed E-state index contributed by atoms with van der Waals surface area (Å²) in [4.78, 5) is 15.6. The molecule has 1 amide bonds. The van der Waals surface area contributed by atoms with Crippen LogP contribution in [0.3, 0.4) is 0 Å². The summed E-state index contributed by atoms with van der Waals surface area (Å²) in [5.74, 6) is 0. The number of nitrogens with one attached hydrogen (secondary N) is 1. The number of rotatable bonds is 5. The molecule has 1 aromatic heterocycles. The van der Waals surface area contributed by atoms with Crippen LogP contribution in [0, 0.1) is 0 Å². The summed E-state index contributed by atoms with van der Waals surface area (Å²) in [6.45, 7) is 1.93. The molecule has 0 bridgehead atoms. The van der Waals surface area contributed by atoms with Gasteiger partial charge in [0.15, 0.2) is 5.13 Å². The molecule has 1 aliphatic rings. The monoisotopic (exact) mass is 295 g/mol. The van der Waals surface area contributed by atoms with E-state index >= 15 is 0 Å². The topological polar surface area (TPSA) is 54.5 Å². The van der Waals surface area contributed by atoms with E-state index in [2.05, 4.69) is 10.3 Å². The Bertz CT molecular complexity index is 449. The Morgan fingerprint density at radius 3 is 2.89 bits per heavy atom. The van der Waals surface area contributed by atoms with E-state index in [9.17, 15) is 18.0 Å². The molecule has 1 aliphatic heterocycles. The first-order chi connectivity index (χ1) is 8.97. The number of halogens is 3. The van der Waals surface area contributed by atoms with Crippen molar-refractivity contribution in [3.05, 3.63) is 11.1 Å². The second kappa shape index (κ2) is 5.64. The van der Waals surface area contributed by atoms with Gasteiger partial charge in [0.25, 0.3) is 0 Å². The third-order valence-corrected chi connectivity index (χ3v) is 3.51. The molecule has 1 aromatic rings. The van der Waals surface area contributed by atoms with E-state index in [1.54, 1.807) is 4.90 Å². The summed E-state index contributed by atoms with van der Waals surface area (Å²) < 4.78 is 41.7. The molecule has 0 atom stereocenters. The molecule has 106 valence electrons. The van der Waals surface area contributed by atoms with Crippen LogP contribution in [0.4, 0.5) is 23.1 Å². The van der Waals surface area contributed by atoms with Crippen molar-refractivity contribution in [2.24, 2.45) is 0 Å². The molecular weight excluding hydrogens is 283 g/mol. The number of hydrogen-bond donors (Lipinski definition) is 1. The van der Waals surface area contributed by atoms with Gasteiger partial charge in [0.05, 0.1) is 12.7 Å². The van der Waals surface area contributed by atoms with Crippen LogP contribution in [-0.2, 0) is 10.9 Å². The van der Waals surface area contributed by atoms with Crippen molar-refractivity contribution in [3.8, 4) is 0 Å². The lowest BCUT2D eigenvalue weighted by Crippen LogP contribution is -2.26. The SMILES string of the molecule is O=C1OCCN1CCCNc1ncc(C(F)(F)F)s1. The maximum absolute atomic E-state index is 12.3. The number of amides is 1. The van der Waals surface area contributed by atoms with Crippen molar-refractivity contribution >= 4 is 22.6 Å². The first kappa shape index (κ1) is 13.9. The molecule has 2 heterocycles. The number of anilines is 1. The molecule has 5 nitrogen and oxygen atoms in total. The molecule has 1 fully saturated rings. The van der Waals surface area contributed by atoms with Gasteiger partial charge in [-0.1, -0.05) is 11.3 Å². The van der Waals surface area contributed by atoms with Crippen molar-refractivity contribution < 1.29 is 22.7 Å². The zero-order valence-electron chi connectivity index (χ0n) is 9.87. The average Bonchev–Trinajstić information content (AvgIpc) is 2.93. The number of thiazole rings is 1. The molecule has 1 N–H and O–H groups in total. The van der Waals surface area contributed by atoms with Crippen LogP contribution in [-0.4, -0.2) is 42.2 Å². The highest BCUT2D eigenvalue weighted by atomic mass is 32.1. The fourth-order valence-corrected chi connectivity index (χ4v) is 2.29. The lowest BCUT2D eigenvalue weighted by molar-refractivity contribution is -0.134. The summed E-state index contributed by atoms with van der Waals surface area (Å²) in [6.07, 6.45) is -3.26. The Morgan fingerprint density at radius 2 is 2.32 bits per heavy atom. The van der Waals surface area contributed by atoms with Gasteiger partial charge >= 0.3 is 12.3 Å². The highest BCUT2D eigenvalue weighted by Crippen LogP contribution is 2.34. The number of hydrogen-bond acceptors (Lipinski definition) is 5. The summed E-state index contributed by atoms with van der Waals surface area (Å²) >= 11 is 0.571. The predicted octanol–water partition coefficient (Wildman–Crippen LogP) is 2.42. The number of ether oxygens (including phenoxy) is 1. The van der Waals surface area contributed by atoms with Gasteiger partial charge in [0.1, 0.15) is 11.5 Å². The van der Waals surface area contributed by atoms with Crippen molar-refractivity contribution in [2.75, 3.05) is 31.6 Å². The number of cyclic esters (lactones) is 1. The quantitative estimate of drug-likeness (QED) is 0.848. The van der Waals surface area contributed by atoms with E-state index < -0.39 is 11.1 Å². The second-order valence-electron chi connectivity index (χ2n) is 3.91. The van der Waals surface area contributed by atoms with Gasteiger partial charge in [-0.25, -0.2) is 9.78 Å². The lowest BCUT2D eigenvalue weighted by Gasteiger charge is -2.11. The zero-order valence-corrected chi connectivity index (χ0v) is 10.7. The van der Waals surface area contributed by atoms with E-state index in [0.717, 1.165) is 6.20 Å². The average molecular weight is 295 g/mol. The minimum atomic E-state index is -4.35. The molecule has 1 saturated heterocycles. The first-order valence-electron chi connectivity index (χ1n) is 5.65. The van der Waals surface area contributed by atoms with Crippen LogP contribution in [0.1, 0.15) is 11.3 Å². The highest BCUT2D eigenvalue weighted by molar-refractivity contribution is 7.15. The van der Waals surface area contributed by atoms with Gasteiger partial charge in [-0.3, -0.25) is 0 Å². The third-order valence-electron chi connectivity index (χ3n) is 2.51. The smallest absolute Gasteiger partial charge is 0.427 e. The molecule has 19 heavy (non-hydrogen) atoms. The van der Waals surface area contributed by atoms with Crippen molar-refractivity contribution in [1.29, 1.82) is 0 Å². The predicted molar refractivity (Wildman–Crippen MR) is 63.1 cm³/mol. The third kappa shape index (κ3) is 3.72. The first-order valence-corrected chi connectivity index (χ1v) is 6.47. The molecule has 0 saturated carbocycles. The van der Waals surface area contributed by atoms with Gasteiger partial charge in [0, 0.05) is 13.1 Å². The Balaban J connectivity index is 1.71. The van der Waals surface area contributed by atoms with Crippen LogP contribution in [0.5, 0.6) is 0 Å². The molecule has 0 spiro atoms. The second-order valence-corrected chi connectivity index (χ2v) is 4.94. The Labute approximate surface area is 111 Å². The van der Waals surface area contributed by atoms with Crippen molar-refractivity contribution in [1.82, 2.24) is 9.88 Å². The maximum Gasteiger partial charge on any atom is 0.427 e.